The molecule has 1 aliphatic heterocycles. The third-order valence-electron chi connectivity index (χ3n) is 2.78. The molecule has 2 N–H and O–H groups in total. The van der Waals surface area contributed by atoms with E-state index in [4.69, 9.17) is 5.11 Å². The zero-order chi connectivity index (χ0) is 11.5. The molecule has 1 saturated heterocycles. The molecule has 1 atom stereocenters. The summed E-state index contributed by atoms with van der Waals surface area (Å²) in [6.07, 6.45) is 3.88. The van der Waals surface area contributed by atoms with E-state index in [-0.39, 0.29) is 26.0 Å². The topological polar surface area (TPSA) is 78.4 Å². The number of carboxylic acid groups (broad SMARTS) is 1. The van der Waals surface area contributed by atoms with Crippen LogP contribution in [-0.2, 0) is 0 Å². The third kappa shape index (κ3) is 3.19. The largest absolute Gasteiger partial charge is 1.00 e. The fraction of sp³-hybridized carbons (Fsp3) is 0.500. The average Bonchev–Trinajstić information content (AvgIpc) is 2.77. The molecule has 0 bridgehead atoms. The summed E-state index contributed by atoms with van der Waals surface area (Å²) in [7, 11) is 1.94. The molecule has 0 amide bonds. The predicted octanol–water partition coefficient (Wildman–Crippen LogP) is -2.91. The van der Waals surface area contributed by atoms with Gasteiger partial charge in [0.1, 0.15) is 5.82 Å². The number of rotatable bonds is 3. The number of hydrogen-bond donors (Lipinski definition) is 2. The van der Waals surface area contributed by atoms with Crippen LogP contribution in [0.15, 0.2) is 12.4 Å². The summed E-state index contributed by atoms with van der Waals surface area (Å²) < 4.78 is 0. The minimum absolute atomic E-state index is 0. The molecule has 1 aromatic heterocycles. The van der Waals surface area contributed by atoms with E-state index in [0.717, 1.165) is 25.3 Å². The smallest absolute Gasteiger partial charge is 1.00 e. The Balaban J connectivity index is 0.00000144. The zero-order valence-corrected chi connectivity index (χ0v) is 10.1. The van der Waals surface area contributed by atoms with Crippen molar-refractivity contribution in [3.05, 3.63) is 18.1 Å². The Morgan fingerprint density at radius 1 is 1.59 bits per heavy atom. The Labute approximate surface area is 113 Å². The third-order valence-corrected chi connectivity index (χ3v) is 2.78. The van der Waals surface area contributed by atoms with Gasteiger partial charge in [0.25, 0.3) is 0 Å². The van der Waals surface area contributed by atoms with E-state index >= 15 is 0 Å². The number of likely N-dealkylation sites (N-methyl/N-ethyl adjacent to an activating group) is 1. The average molecular weight is 230 g/mol. The van der Waals surface area contributed by atoms with Gasteiger partial charge in [-0.1, -0.05) is 0 Å². The zero-order valence-electron chi connectivity index (χ0n) is 11.1. The van der Waals surface area contributed by atoms with Crippen molar-refractivity contribution in [3.8, 4) is 0 Å². The van der Waals surface area contributed by atoms with Crippen LogP contribution in [0.2, 0.25) is 0 Å². The summed E-state index contributed by atoms with van der Waals surface area (Å²) in [5.74, 6) is -0.309. The molecule has 0 aliphatic carbocycles. The van der Waals surface area contributed by atoms with E-state index in [2.05, 4.69) is 20.2 Å². The van der Waals surface area contributed by atoms with E-state index < -0.39 is 5.97 Å². The fourth-order valence-electron chi connectivity index (χ4n) is 1.80. The van der Waals surface area contributed by atoms with Gasteiger partial charge in [-0.3, -0.25) is 0 Å². The predicted molar refractivity (Wildman–Crippen MR) is 59.8 cm³/mol. The van der Waals surface area contributed by atoms with Crippen molar-refractivity contribution in [2.24, 2.45) is 0 Å². The molecule has 0 aromatic carbocycles. The molecule has 0 spiro atoms. The van der Waals surface area contributed by atoms with Crippen LogP contribution in [0.1, 0.15) is 18.3 Å². The van der Waals surface area contributed by atoms with Crippen molar-refractivity contribution in [1.29, 1.82) is 0 Å². The van der Waals surface area contributed by atoms with Gasteiger partial charge in [-0.15, -0.1) is 0 Å². The Kier molecular flexibility index (Phi) is 4.94. The Bertz CT molecular complexity index is 390. The number of carbonyl (C=O) groups is 1. The second-order valence-corrected chi connectivity index (χ2v) is 3.79. The maximum atomic E-state index is 10.6. The molecule has 1 aliphatic rings. The summed E-state index contributed by atoms with van der Waals surface area (Å²) in [4.78, 5) is 20.7. The molecule has 0 unspecified atom stereocenters. The van der Waals surface area contributed by atoms with Gasteiger partial charge in [0.05, 0.1) is 12.4 Å². The van der Waals surface area contributed by atoms with E-state index in [9.17, 15) is 4.79 Å². The number of nitrogens with one attached hydrogen (secondary N) is 1. The van der Waals surface area contributed by atoms with Gasteiger partial charge in [0.2, 0.25) is 0 Å². The van der Waals surface area contributed by atoms with Crippen LogP contribution >= 0.6 is 0 Å². The summed E-state index contributed by atoms with van der Waals surface area (Å²) >= 11 is 0. The molecule has 17 heavy (non-hydrogen) atoms. The Morgan fingerprint density at radius 2 is 2.35 bits per heavy atom. The van der Waals surface area contributed by atoms with Gasteiger partial charge in [-0.2, -0.15) is 0 Å². The van der Waals surface area contributed by atoms with Crippen LogP contribution < -0.4 is 29.1 Å². The van der Waals surface area contributed by atoms with Crippen LogP contribution in [0.4, 0.5) is 5.82 Å². The van der Waals surface area contributed by atoms with Gasteiger partial charge in [0.15, 0.2) is 5.69 Å². The standard InChI is InChI=1S/C10H14N4O2.Li.H/c1-11-7-2-3-14(6-7)9-5-12-8(4-13-9)10(15)16;;/h4-5,7,11H,2-3,6H2,1H3,(H,15,16);;/q;+1;-1/t7-;;/m1../s1. The summed E-state index contributed by atoms with van der Waals surface area (Å²) in [6.45, 7) is 1.81. The number of carboxylic acids is 1. The van der Waals surface area contributed by atoms with Gasteiger partial charge >= 0.3 is 24.8 Å². The number of aromatic nitrogens is 2. The number of hydrogen-bond acceptors (Lipinski definition) is 5. The minimum atomic E-state index is -1.05. The molecule has 6 nitrogen and oxygen atoms in total. The molecule has 2 rings (SSSR count). The maximum Gasteiger partial charge on any atom is 1.00 e. The van der Waals surface area contributed by atoms with Crippen molar-refractivity contribution in [2.75, 3.05) is 25.0 Å². The van der Waals surface area contributed by atoms with Crippen molar-refractivity contribution in [1.82, 2.24) is 15.3 Å². The number of nitrogens with zero attached hydrogens (tertiary/aromatic N) is 3. The first-order chi connectivity index (χ1) is 7.70. The molecule has 7 heteroatoms. The first kappa shape index (κ1) is 14.0. The van der Waals surface area contributed by atoms with Crippen LogP contribution in [0, 0.1) is 0 Å². The molecule has 88 valence electrons. The summed E-state index contributed by atoms with van der Waals surface area (Å²) in [5.41, 5.74) is -0.0203. The minimum Gasteiger partial charge on any atom is -1.00 e. The second-order valence-electron chi connectivity index (χ2n) is 3.79. The Morgan fingerprint density at radius 3 is 2.82 bits per heavy atom. The summed E-state index contributed by atoms with van der Waals surface area (Å²) in [5, 5.41) is 11.9. The Hall–Kier alpha value is -1.09. The van der Waals surface area contributed by atoms with E-state index in [1.807, 2.05) is 7.05 Å². The van der Waals surface area contributed by atoms with Crippen LogP contribution in [-0.4, -0.2) is 47.2 Å². The molecular weight excluding hydrogens is 215 g/mol. The van der Waals surface area contributed by atoms with E-state index in [0.29, 0.717) is 6.04 Å². The van der Waals surface area contributed by atoms with E-state index in [1.54, 1.807) is 0 Å². The van der Waals surface area contributed by atoms with Crippen molar-refractivity contribution in [2.45, 2.75) is 12.5 Å². The van der Waals surface area contributed by atoms with Crippen molar-refractivity contribution < 1.29 is 30.2 Å². The molecule has 1 fully saturated rings. The quantitative estimate of drug-likeness (QED) is 0.542. The monoisotopic (exact) mass is 230 g/mol. The maximum absolute atomic E-state index is 10.6. The molecule has 0 radical (unpaired) electrons. The fourth-order valence-corrected chi connectivity index (χ4v) is 1.80. The first-order valence-corrected chi connectivity index (χ1v) is 5.18. The van der Waals surface area contributed by atoms with Crippen LogP contribution in [0.25, 0.3) is 0 Å². The van der Waals surface area contributed by atoms with Crippen molar-refractivity contribution in [3.63, 3.8) is 0 Å². The molecular formula is C10H15LiN4O2. The van der Waals surface area contributed by atoms with Crippen molar-refractivity contribution >= 4 is 11.8 Å². The van der Waals surface area contributed by atoms with Gasteiger partial charge in [-0.05, 0) is 13.5 Å². The molecule has 0 saturated carbocycles. The molecule has 2 heterocycles. The van der Waals surface area contributed by atoms with Gasteiger partial charge < -0.3 is 16.7 Å². The van der Waals surface area contributed by atoms with Crippen LogP contribution in [0.3, 0.4) is 0 Å². The summed E-state index contributed by atoms with van der Waals surface area (Å²) in [6, 6.07) is 0.473. The number of aromatic carboxylic acids is 1. The number of anilines is 1. The first-order valence-electron chi connectivity index (χ1n) is 5.18. The van der Waals surface area contributed by atoms with Gasteiger partial charge in [-0.25, -0.2) is 14.8 Å². The van der Waals surface area contributed by atoms with Crippen LogP contribution in [0.5, 0.6) is 0 Å². The normalized spacial score (nSPS) is 18.9. The van der Waals surface area contributed by atoms with Gasteiger partial charge in [0, 0.05) is 19.1 Å². The molecule has 1 aromatic rings. The van der Waals surface area contributed by atoms with E-state index in [1.165, 1.54) is 12.4 Å². The SMILES string of the molecule is CN[C@@H]1CCN(c2cnc(C(=O)O)cn2)C1.[H-].[Li+]. The second kappa shape index (κ2) is 6.01.